The molecule has 84 valence electrons. The highest BCUT2D eigenvalue weighted by Crippen LogP contribution is 2.23. The maximum Gasteiger partial charge on any atom is 0.0952 e. The first-order chi connectivity index (χ1) is 7.70. The molecule has 0 aliphatic rings. The summed E-state index contributed by atoms with van der Waals surface area (Å²) in [5, 5.41) is 0. The lowest BCUT2D eigenvalue weighted by Crippen LogP contribution is -2.30. The third kappa shape index (κ3) is 1.99. The lowest BCUT2D eigenvalue weighted by Gasteiger charge is -2.24. The zero-order valence-corrected chi connectivity index (χ0v) is 9.67. The van der Waals surface area contributed by atoms with E-state index in [0.717, 1.165) is 0 Å². The van der Waals surface area contributed by atoms with Crippen LogP contribution < -0.4 is 5.73 Å². The highest BCUT2D eigenvalue weighted by atomic mass is 15.1. The summed E-state index contributed by atoms with van der Waals surface area (Å²) in [4.78, 5) is 4.09. The number of hydrogen-bond acceptors (Lipinski definition) is 2. The van der Waals surface area contributed by atoms with Gasteiger partial charge in [0.25, 0.3) is 0 Å². The molecule has 3 heteroatoms. The Hall–Kier alpha value is -1.61. The van der Waals surface area contributed by atoms with Crippen molar-refractivity contribution in [3.8, 4) is 0 Å². The molecule has 2 aromatic rings. The SMILES string of the molecule is Cc1ccccc1C(C(C)N)n1ccnc1. The molecular formula is C13H17N3. The Morgan fingerprint density at radius 2 is 2.06 bits per heavy atom. The summed E-state index contributed by atoms with van der Waals surface area (Å²) in [6.07, 6.45) is 5.56. The number of imidazole rings is 1. The summed E-state index contributed by atoms with van der Waals surface area (Å²) >= 11 is 0. The first kappa shape index (κ1) is 10.9. The number of hydrogen-bond donors (Lipinski definition) is 1. The van der Waals surface area contributed by atoms with Gasteiger partial charge < -0.3 is 10.3 Å². The second-order valence-corrected chi connectivity index (χ2v) is 4.17. The summed E-state index contributed by atoms with van der Waals surface area (Å²) in [5.41, 5.74) is 8.60. The van der Waals surface area contributed by atoms with Crippen molar-refractivity contribution in [2.75, 3.05) is 0 Å². The van der Waals surface area contributed by atoms with Gasteiger partial charge in [-0.2, -0.15) is 0 Å². The minimum Gasteiger partial charge on any atom is -0.328 e. The van der Waals surface area contributed by atoms with Gasteiger partial charge in [0.2, 0.25) is 0 Å². The maximum atomic E-state index is 6.08. The van der Waals surface area contributed by atoms with Crippen LogP contribution in [0.4, 0.5) is 0 Å². The number of rotatable bonds is 3. The van der Waals surface area contributed by atoms with E-state index in [-0.39, 0.29) is 12.1 Å². The van der Waals surface area contributed by atoms with Crippen molar-refractivity contribution in [1.82, 2.24) is 9.55 Å². The van der Waals surface area contributed by atoms with Gasteiger partial charge in [0.1, 0.15) is 0 Å². The highest BCUT2D eigenvalue weighted by Gasteiger charge is 2.18. The number of aromatic nitrogens is 2. The lowest BCUT2D eigenvalue weighted by molar-refractivity contribution is 0.494. The fraction of sp³-hybridized carbons (Fsp3) is 0.308. The molecule has 0 saturated carbocycles. The summed E-state index contributed by atoms with van der Waals surface area (Å²) < 4.78 is 2.06. The van der Waals surface area contributed by atoms with Gasteiger partial charge in [-0.1, -0.05) is 24.3 Å². The van der Waals surface area contributed by atoms with Crippen molar-refractivity contribution in [2.45, 2.75) is 25.9 Å². The van der Waals surface area contributed by atoms with Gasteiger partial charge in [0.15, 0.2) is 0 Å². The van der Waals surface area contributed by atoms with E-state index < -0.39 is 0 Å². The molecule has 1 aromatic carbocycles. The third-order valence-electron chi connectivity index (χ3n) is 2.85. The molecule has 0 aliphatic carbocycles. The minimum absolute atomic E-state index is 0.0512. The van der Waals surface area contributed by atoms with Crippen LogP contribution in [0.5, 0.6) is 0 Å². The van der Waals surface area contributed by atoms with E-state index in [1.165, 1.54) is 11.1 Å². The van der Waals surface area contributed by atoms with Crippen molar-refractivity contribution in [3.05, 3.63) is 54.1 Å². The molecule has 0 bridgehead atoms. The molecule has 16 heavy (non-hydrogen) atoms. The molecule has 0 spiro atoms. The molecule has 0 aliphatic heterocycles. The average molecular weight is 215 g/mol. The van der Waals surface area contributed by atoms with Gasteiger partial charge in [0, 0.05) is 18.4 Å². The standard InChI is InChI=1S/C13H17N3/c1-10-5-3-4-6-12(10)13(11(2)14)16-8-7-15-9-16/h3-9,11,13H,14H2,1-2H3. The first-order valence-electron chi connectivity index (χ1n) is 5.48. The topological polar surface area (TPSA) is 43.8 Å². The summed E-state index contributed by atoms with van der Waals surface area (Å²) in [6.45, 7) is 4.14. The third-order valence-corrected chi connectivity index (χ3v) is 2.85. The van der Waals surface area contributed by atoms with E-state index in [1.54, 1.807) is 6.20 Å². The molecule has 2 atom stereocenters. The molecule has 0 amide bonds. The second kappa shape index (κ2) is 4.49. The van der Waals surface area contributed by atoms with Gasteiger partial charge in [0.05, 0.1) is 12.4 Å². The number of nitrogens with two attached hydrogens (primary N) is 1. The van der Waals surface area contributed by atoms with E-state index in [2.05, 4.69) is 34.7 Å². The average Bonchev–Trinajstić information content (AvgIpc) is 2.74. The molecule has 0 saturated heterocycles. The second-order valence-electron chi connectivity index (χ2n) is 4.17. The van der Waals surface area contributed by atoms with Gasteiger partial charge in [-0.05, 0) is 25.0 Å². The molecule has 2 N–H and O–H groups in total. The molecule has 1 aromatic heterocycles. The highest BCUT2D eigenvalue weighted by molar-refractivity contribution is 5.30. The number of aryl methyl sites for hydroxylation is 1. The van der Waals surface area contributed by atoms with E-state index in [0.29, 0.717) is 0 Å². The quantitative estimate of drug-likeness (QED) is 0.852. The maximum absolute atomic E-state index is 6.08. The van der Waals surface area contributed by atoms with Crippen LogP contribution in [0.15, 0.2) is 43.0 Å². The molecule has 2 rings (SSSR count). The van der Waals surface area contributed by atoms with Gasteiger partial charge in [-0.25, -0.2) is 4.98 Å². The molecule has 1 heterocycles. The molecule has 2 unspecified atom stereocenters. The van der Waals surface area contributed by atoms with Crippen LogP contribution in [0.2, 0.25) is 0 Å². The Kier molecular flexibility index (Phi) is 3.06. The minimum atomic E-state index is 0.0512. The smallest absolute Gasteiger partial charge is 0.0952 e. The van der Waals surface area contributed by atoms with Crippen LogP contribution in [-0.4, -0.2) is 15.6 Å². The largest absolute Gasteiger partial charge is 0.328 e. The van der Waals surface area contributed by atoms with Crippen LogP contribution in [0.25, 0.3) is 0 Å². The zero-order valence-electron chi connectivity index (χ0n) is 9.67. The molecule has 0 radical (unpaired) electrons. The number of nitrogens with zero attached hydrogens (tertiary/aromatic N) is 2. The van der Waals surface area contributed by atoms with E-state index in [9.17, 15) is 0 Å². The van der Waals surface area contributed by atoms with Crippen LogP contribution in [-0.2, 0) is 0 Å². The van der Waals surface area contributed by atoms with Crippen molar-refractivity contribution in [3.63, 3.8) is 0 Å². The predicted molar refractivity (Wildman–Crippen MR) is 65.2 cm³/mol. The zero-order chi connectivity index (χ0) is 11.5. The normalized spacial score (nSPS) is 14.7. The van der Waals surface area contributed by atoms with Crippen molar-refractivity contribution < 1.29 is 0 Å². The Labute approximate surface area is 95.9 Å². The van der Waals surface area contributed by atoms with Crippen LogP contribution >= 0.6 is 0 Å². The van der Waals surface area contributed by atoms with E-state index >= 15 is 0 Å². The van der Waals surface area contributed by atoms with Crippen molar-refractivity contribution in [1.29, 1.82) is 0 Å². The van der Waals surface area contributed by atoms with Crippen LogP contribution in [0, 0.1) is 6.92 Å². The lowest BCUT2D eigenvalue weighted by atomic mass is 9.96. The van der Waals surface area contributed by atoms with Crippen LogP contribution in [0.1, 0.15) is 24.1 Å². The first-order valence-corrected chi connectivity index (χ1v) is 5.48. The van der Waals surface area contributed by atoms with E-state index in [4.69, 9.17) is 5.73 Å². The van der Waals surface area contributed by atoms with Crippen molar-refractivity contribution >= 4 is 0 Å². The Morgan fingerprint density at radius 1 is 1.31 bits per heavy atom. The number of benzene rings is 1. The summed E-state index contributed by atoms with van der Waals surface area (Å²) in [5.74, 6) is 0. The fourth-order valence-corrected chi connectivity index (χ4v) is 2.07. The van der Waals surface area contributed by atoms with Crippen molar-refractivity contribution in [2.24, 2.45) is 5.73 Å². The fourth-order valence-electron chi connectivity index (χ4n) is 2.07. The summed E-state index contributed by atoms with van der Waals surface area (Å²) in [7, 11) is 0. The molecule has 3 nitrogen and oxygen atoms in total. The van der Waals surface area contributed by atoms with E-state index in [1.807, 2.05) is 25.5 Å². The van der Waals surface area contributed by atoms with Gasteiger partial charge >= 0.3 is 0 Å². The molecular weight excluding hydrogens is 198 g/mol. The van der Waals surface area contributed by atoms with Gasteiger partial charge in [-0.3, -0.25) is 0 Å². The Balaban J connectivity index is 2.45. The monoisotopic (exact) mass is 215 g/mol. The Morgan fingerprint density at radius 3 is 2.62 bits per heavy atom. The van der Waals surface area contributed by atoms with Gasteiger partial charge in [-0.15, -0.1) is 0 Å². The summed E-state index contributed by atoms with van der Waals surface area (Å²) in [6, 6.07) is 8.55. The van der Waals surface area contributed by atoms with Crippen LogP contribution in [0.3, 0.4) is 0 Å². The predicted octanol–water partition coefficient (Wildman–Crippen LogP) is 2.13. The Bertz CT molecular complexity index is 446. The molecule has 0 fully saturated rings.